The van der Waals surface area contributed by atoms with E-state index in [1.807, 2.05) is 0 Å². The van der Waals surface area contributed by atoms with Gasteiger partial charge in [0, 0.05) is 19.6 Å². The summed E-state index contributed by atoms with van der Waals surface area (Å²) in [5.41, 5.74) is 5.99. The molecule has 2 atom stereocenters. The van der Waals surface area contributed by atoms with E-state index in [4.69, 9.17) is 5.73 Å². The van der Waals surface area contributed by atoms with Crippen LogP contribution in [0.25, 0.3) is 0 Å². The summed E-state index contributed by atoms with van der Waals surface area (Å²) in [6.07, 6.45) is 8.02. The molecule has 2 aliphatic rings. The van der Waals surface area contributed by atoms with Gasteiger partial charge in [0.25, 0.3) is 0 Å². The first-order chi connectivity index (χ1) is 7.66. The molecule has 0 aromatic rings. The number of nitrogens with zero attached hydrogens (tertiary/aromatic N) is 2. The first kappa shape index (κ1) is 11.7. The molecule has 0 aliphatic heterocycles. The lowest BCUT2D eigenvalue weighted by molar-refractivity contribution is 0.288. The van der Waals surface area contributed by atoms with Crippen molar-refractivity contribution in [2.45, 2.75) is 51.5 Å². The molecule has 2 rings (SSSR count). The Bertz CT molecular complexity index is 258. The Morgan fingerprint density at radius 3 is 2.69 bits per heavy atom. The lowest BCUT2D eigenvalue weighted by Gasteiger charge is -2.26. The van der Waals surface area contributed by atoms with Gasteiger partial charge in [-0.2, -0.15) is 0 Å². The first-order valence-electron chi connectivity index (χ1n) is 6.69. The molecule has 3 nitrogen and oxygen atoms in total. The Morgan fingerprint density at radius 2 is 2.06 bits per heavy atom. The van der Waals surface area contributed by atoms with E-state index < -0.39 is 0 Å². The van der Waals surface area contributed by atoms with Crippen LogP contribution in [0.5, 0.6) is 0 Å². The van der Waals surface area contributed by atoms with Crippen molar-refractivity contribution in [3.63, 3.8) is 0 Å². The molecule has 3 heteroatoms. The molecular weight excluding hydrogens is 198 g/mol. The molecule has 2 unspecified atom stereocenters. The fourth-order valence-electron chi connectivity index (χ4n) is 2.71. The van der Waals surface area contributed by atoms with Crippen molar-refractivity contribution in [3.8, 4) is 0 Å². The quantitative estimate of drug-likeness (QED) is 0.589. The molecule has 0 amide bonds. The van der Waals surface area contributed by atoms with E-state index in [2.05, 4.69) is 23.9 Å². The zero-order valence-electron chi connectivity index (χ0n) is 10.7. The standard InChI is InChI=1S/C13H25N3/c1-10-4-3-5-11(8-10)9-15-13(14)16(2)12-6-7-12/h10-12H,3-9H2,1-2H3,(H2,14,15). The molecular formula is C13H25N3. The van der Waals surface area contributed by atoms with Crippen LogP contribution in [0.2, 0.25) is 0 Å². The number of hydrogen-bond donors (Lipinski definition) is 1. The maximum absolute atomic E-state index is 5.99. The van der Waals surface area contributed by atoms with E-state index in [9.17, 15) is 0 Å². The van der Waals surface area contributed by atoms with E-state index >= 15 is 0 Å². The third kappa shape index (κ3) is 3.13. The van der Waals surface area contributed by atoms with Crippen LogP contribution in [0.3, 0.4) is 0 Å². The van der Waals surface area contributed by atoms with Crippen molar-refractivity contribution < 1.29 is 0 Å². The molecule has 0 saturated heterocycles. The second-order valence-electron chi connectivity index (χ2n) is 5.68. The minimum atomic E-state index is 0.675. The highest BCUT2D eigenvalue weighted by atomic mass is 15.3. The average molecular weight is 223 g/mol. The Morgan fingerprint density at radius 1 is 1.31 bits per heavy atom. The van der Waals surface area contributed by atoms with Gasteiger partial charge in [0.1, 0.15) is 0 Å². The maximum atomic E-state index is 5.99. The molecule has 92 valence electrons. The molecule has 0 aromatic carbocycles. The van der Waals surface area contributed by atoms with Crippen molar-refractivity contribution in [2.24, 2.45) is 22.6 Å². The monoisotopic (exact) mass is 223 g/mol. The third-order valence-corrected chi connectivity index (χ3v) is 4.01. The summed E-state index contributed by atoms with van der Waals surface area (Å²) >= 11 is 0. The van der Waals surface area contributed by atoms with Crippen LogP contribution in [0.1, 0.15) is 45.4 Å². The molecule has 0 aromatic heterocycles. The number of rotatable bonds is 3. The molecule has 0 radical (unpaired) electrons. The van der Waals surface area contributed by atoms with E-state index in [0.29, 0.717) is 6.04 Å². The van der Waals surface area contributed by atoms with Crippen molar-refractivity contribution in [2.75, 3.05) is 13.6 Å². The van der Waals surface area contributed by atoms with Crippen LogP contribution >= 0.6 is 0 Å². The zero-order valence-corrected chi connectivity index (χ0v) is 10.7. The molecule has 2 N–H and O–H groups in total. The number of nitrogens with two attached hydrogens (primary N) is 1. The third-order valence-electron chi connectivity index (χ3n) is 4.01. The highest BCUT2D eigenvalue weighted by molar-refractivity contribution is 5.78. The summed E-state index contributed by atoms with van der Waals surface area (Å²) in [5.74, 6) is 2.41. The van der Waals surface area contributed by atoms with E-state index in [-0.39, 0.29) is 0 Å². The summed E-state index contributed by atoms with van der Waals surface area (Å²) < 4.78 is 0. The average Bonchev–Trinajstić information content (AvgIpc) is 3.09. The topological polar surface area (TPSA) is 41.6 Å². The predicted molar refractivity (Wildman–Crippen MR) is 68.4 cm³/mol. The highest BCUT2D eigenvalue weighted by Crippen LogP contribution is 2.29. The Hall–Kier alpha value is -0.730. The fourth-order valence-corrected chi connectivity index (χ4v) is 2.71. The molecule has 2 fully saturated rings. The number of guanidine groups is 1. The first-order valence-corrected chi connectivity index (χ1v) is 6.69. The highest BCUT2D eigenvalue weighted by Gasteiger charge is 2.27. The van der Waals surface area contributed by atoms with Gasteiger partial charge in [-0.15, -0.1) is 0 Å². The van der Waals surface area contributed by atoms with E-state index in [1.165, 1.54) is 38.5 Å². The molecule has 0 heterocycles. The molecule has 0 spiro atoms. The normalized spacial score (nSPS) is 31.5. The molecule has 2 aliphatic carbocycles. The van der Waals surface area contributed by atoms with Crippen molar-refractivity contribution in [3.05, 3.63) is 0 Å². The maximum Gasteiger partial charge on any atom is 0.191 e. The van der Waals surface area contributed by atoms with Crippen LogP contribution in [0.4, 0.5) is 0 Å². The summed E-state index contributed by atoms with van der Waals surface area (Å²) in [6.45, 7) is 3.29. The minimum absolute atomic E-state index is 0.675. The number of hydrogen-bond acceptors (Lipinski definition) is 1. The zero-order chi connectivity index (χ0) is 11.5. The smallest absolute Gasteiger partial charge is 0.191 e. The Kier molecular flexibility index (Phi) is 3.72. The van der Waals surface area contributed by atoms with Gasteiger partial charge in [0.15, 0.2) is 5.96 Å². The molecule has 0 bridgehead atoms. The number of aliphatic imine (C=N–C) groups is 1. The Labute approximate surface area is 99.1 Å². The largest absolute Gasteiger partial charge is 0.370 e. The summed E-state index contributed by atoms with van der Waals surface area (Å²) in [5, 5.41) is 0. The summed E-state index contributed by atoms with van der Waals surface area (Å²) in [4.78, 5) is 6.71. The van der Waals surface area contributed by atoms with E-state index in [1.54, 1.807) is 0 Å². The van der Waals surface area contributed by atoms with Crippen LogP contribution in [-0.4, -0.2) is 30.5 Å². The van der Waals surface area contributed by atoms with Crippen LogP contribution < -0.4 is 5.73 Å². The van der Waals surface area contributed by atoms with Gasteiger partial charge >= 0.3 is 0 Å². The van der Waals surface area contributed by atoms with Gasteiger partial charge in [-0.25, -0.2) is 0 Å². The van der Waals surface area contributed by atoms with Crippen molar-refractivity contribution >= 4 is 5.96 Å². The van der Waals surface area contributed by atoms with Gasteiger partial charge in [0.05, 0.1) is 0 Å². The molecule has 2 saturated carbocycles. The van der Waals surface area contributed by atoms with Crippen molar-refractivity contribution in [1.82, 2.24) is 4.90 Å². The van der Waals surface area contributed by atoms with Crippen LogP contribution in [0.15, 0.2) is 4.99 Å². The fraction of sp³-hybridized carbons (Fsp3) is 0.923. The van der Waals surface area contributed by atoms with Crippen LogP contribution in [-0.2, 0) is 0 Å². The van der Waals surface area contributed by atoms with Gasteiger partial charge in [0.2, 0.25) is 0 Å². The second-order valence-corrected chi connectivity index (χ2v) is 5.68. The minimum Gasteiger partial charge on any atom is -0.370 e. The second kappa shape index (κ2) is 5.07. The SMILES string of the molecule is CC1CCCC(CN=C(N)N(C)C2CC2)C1. The predicted octanol–water partition coefficient (Wildman–Crippen LogP) is 2.22. The van der Waals surface area contributed by atoms with Crippen molar-refractivity contribution in [1.29, 1.82) is 0 Å². The van der Waals surface area contributed by atoms with Gasteiger partial charge < -0.3 is 10.6 Å². The summed E-state index contributed by atoms with van der Waals surface area (Å²) in [7, 11) is 2.07. The Balaban J connectivity index is 1.77. The molecule has 16 heavy (non-hydrogen) atoms. The van der Waals surface area contributed by atoms with Gasteiger partial charge in [-0.3, -0.25) is 4.99 Å². The van der Waals surface area contributed by atoms with E-state index in [0.717, 1.165) is 24.3 Å². The van der Waals surface area contributed by atoms with Gasteiger partial charge in [-0.05, 0) is 37.5 Å². The van der Waals surface area contributed by atoms with Crippen LogP contribution in [0, 0.1) is 11.8 Å². The van der Waals surface area contributed by atoms with Gasteiger partial charge in [-0.1, -0.05) is 19.8 Å². The summed E-state index contributed by atoms with van der Waals surface area (Å²) in [6, 6.07) is 0.675. The lowest BCUT2D eigenvalue weighted by atomic mass is 9.82. The lowest BCUT2D eigenvalue weighted by Crippen LogP contribution is -2.36.